The van der Waals surface area contributed by atoms with Crippen LogP contribution in [0.5, 0.6) is 0 Å². The van der Waals surface area contributed by atoms with Crippen LogP contribution in [0.15, 0.2) is 0 Å². The van der Waals surface area contributed by atoms with E-state index < -0.39 is 27.1 Å². The molecule has 0 unspecified atom stereocenters. The van der Waals surface area contributed by atoms with Gasteiger partial charge < -0.3 is 21.6 Å². The fraction of sp³-hybridized carbons (Fsp3) is 0.750. The van der Waals surface area contributed by atoms with Gasteiger partial charge in [0.25, 0.3) is 0 Å². The molecule has 0 amide bonds. The van der Waals surface area contributed by atoms with Crippen molar-refractivity contribution in [2.24, 2.45) is 5.73 Å². The molecule has 0 saturated heterocycles. The van der Waals surface area contributed by atoms with Gasteiger partial charge in [0.05, 0.1) is 11.5 Å². The van der Waals surface area contributed by atoms with Gasteiger partial charge in [0.2, 0.25) is 0 Å². The van der Waals surface area contributed by atoms with Gasteiger partial charge in [0.1, 0.15) is 5.54 Å². The average Bonchev–Trinajstić information content (AvgIpc) is 2.10. The molecule has 0 fully saturated rings. The summed E-state index contributed by atoms with van der Waals surface area (Å²) in [5, 5.41) is 18.1. The molecule has 0 aromatic carbocycles. The first-order valence-corrected chi connectivity index (χ1v) is 6.46. The second-order valence-electron chi connectivity index (χ2n) is 3.72. The van der Waals surface area contributed by atoms with Gasteiger partial charge in [-0.1, -0.05) is 0 Å². The Balaban J connectivity index is -0.00000112. The molecule has 0 saturated carbocycles. The predicted octanol–water partition coefficient (Wildman–Crippen LogP) is -0.714. The Morgan fingerprint density at radius 1 is 1.50 bits per heavy atom. The SMILES string of the molecule is C[C@](N)(CS(=O)(=O)CCNCC=N)C(=O)O.Cl.Cl. The van der Waals surface area contributed by atoms with E-state index in [2.05, 4.69) is 5.32 Å². The summed E-state index contributed by atoms with van der Waals surface area (Å²) in [6.45, 7) is 1.62. The Hall–Kier alpha value is -0.410. The lowest BCUT2D eigenvalue weighted by Crippen LogP contribution is -2.51. The Kier molecular flexibility index (Phi) is 12.0. The lowest BCUT2D eigenvalue weighted by atomic mass is 10.1. The summed E-state index contributed by atoms with van der Waals surface area (Å²) >= 11 is 0. The fourth-order valence-electron chi connectivity index (χ4n) is 0.993. The third-order valence-corrected chi connectivity index (χ3v) is 3.71. The zero-order valence-electron chi connectivity index (χ0n) is 9.88. The highest BCUT2D eigenvalue weighted by molar-refractivity contribution is 7.91. The number of carbonyl (C=O) groups is 1. The number of sulfone groups is 1. The third kappa shape index (κ3) is 9.60. The first kappa shape index (κ1) is 22.7. The third-order valence-electron chi connectivity index (χ3n) is 1.84. The van der Waals surface area contributed by atoms with Crippen LogP contribution in [0.25, 0.3) is 0 Å². The normalized spacial score (nSPS) is 13.7. The monoisotopic (exact) mass is 323 g/mol. The summed E-state index contributed by atoms with van der Waals surface area (Å²) in [5.74, 6) is -2.13. The zero-order chi connectivity index (χ0) is 12.8. The molecule has 0 aliphatic carbocycles. The first-order valence-electron chi connectivity index (χ1n) is 4.63. The maximum atomic E-state index is 11.5. The van der Waals surface area contributed by atoms with Crippen LogP contribution in [-0.2, 0) is 14.6 Å². The average molecular weight is 324 g/mol. The molecule has 1 atom stereocenters. The molecule has 0 spiro atoms. The second-order valence-corrected chi connectivity index (χ2v) is 5.91. The van der Waals surface area contributed by atoms with E-state index in [1.165, 1.54) is 0 Å². The van der Waals surface area contributed by atoms with Gasteiger partial charge in [-0.15, -0.1) is 24.8 Å². The van der Waals surface area contributed by atoms with Crippen LogP contribution in [0.2, 0.25) is 0 Å². The van der Waals surface area contributed by atoms with Crippen molar-refractivity contribution in [2.75, 3.05) is 24.6 Å². The first-order chi connectivity index (χ1) is 7.21. The van der Waals surface area contributed by atoms with E-state index in [0.717, 1.165) is 13.1 Å². The van der Waals surface area contributed by atoms with Crippen LogP contribution >= 0.6 is 24.8 Å². The van der Waals surface area contributed by atoms with Crippen molar-refractivity contribution in [2.45, 2.75) is 12.5 Å². The van der Waals surface area contributed by atoms with Crippen molar-refractivity contribution in [1.82, 2.24) is 5.32 Å². The Labute approximate surface area is 119 Å². The molecule has 0 aliphatic heterocycles. The highest BCUT2D eigenvalue weighted by atomic mass is 35.5. The minimum Gasteiger partial charge on any atom is -0.480 e. The molecule has 7 nitrogen and oxygen atoms in total. The number of nitrogens with one attached hydrogen (secondary N) is 2. The zero-order valence-corrected chi connectivity index (χ0v) is 12.3. The maximum absolute atomic E-state index is 11.5. The second kappa shape index (κ2) is 9.51. The highest BCUT2D eigenvalue weighted by Gasteiger charge is 2.33. The number of nitrogens with two attached hydrogens (primary N) is 1. The minimum atomic E-state index is -3.51. The van der Waals surface area contributed by atoms with Gasteiger partial charge in [-0.25, -0.2) is 8.42 Å². The van der Waals surface area contributed by atoms with Crippen LogP contribution in [0.3, 0.4) is 0 Å². The van der Waals surface area contributed by atoms with E-state index in [-0.39, 0.29) is 43.7 Å². The van der Waals surface area contributed by atoms with Gasteiger partial charge in [0.15, 0.2) is 9.84 Å². The van der Waals surface area contributed by atoms with Crippen LogP contribution in [0.1, 0.15) is 6.92 Å². The summed E-state index contributed by atoms with van der Waals surface area (Å²) in [7, 11) is -3.51. The van der Waals surface area contributed by atoms with E-state index in [1.807, 2.05) is 0 Å². The number of carboxylic acid groups (broad SMARTS) is 1. The van der Waals surface area contributed by atoms with Gasteiger partial charge in [0, 0.05) is 19.3 Å². The molecule has 110 valence electrons. The van der Waals surface area contributed by atoms with Crippen LogP contribution in [-0.4, -0.2) is 55.8 Å². The highest BCUT2D eigenvalue weighted by Crippen LogP contribution is 2.05. The van der Waals surface area contributed by atoms with E-state index in [4.69, 9.17) is 16.2 Å². The molecule has 18 heavy (non-hydrogen) atoms. The van der Waals surface area contributed by atoms with Crippen LogP contribution < -0.4 is 11.1 Å². The number of hydrogen-bond acceptors (Lipinski definition) is 6. The van der Waals surface area contributed by atoms with E-state index >= 15 is 0 Å². The molecule has 0 radical (unpaired) electrons. The molecule has 0 rings (SSSR count). The largest absolute Gasteiger partial charge is 0.480 e. The molecular formula is C8H19Cl2N3O4S. The summed E-state index contributed by atoms with van der Waals surface area (Å²) in [5.41, 5.74) is 3.58. The molecule has 10 heteroatoms. The summed E-state index contributed by atoms with van der Waals surface area (Å²) in [4.78, 5) is 10.6. The van der Waals surface area contributed by atoms with Gasteiger partial charge >= 0.3 is 5.97 Å². The quantitative estimate of drug-likeness (QED) is 0.344. The van der Waals surface area contributed by atoms with Gasteiger partial charge in [-0.2, -0.15) is 0 Å². The smallest absolute Gasteiger partial charge is 0.324 e. The number of hydrogen-bond donors (Lipinski definition) is 4. The Morgan fingerprint density at radius 2 is 2.00 bits per heavy atom. The Bertz CT molecular complexity index is 359. The van der Waals surface area contributed by atoms with Gasteiger partial charge in [-0.05, 0) is 6.92 Å². The topological polar surface area (TPSA) is 133 Å². The predicted molar refractivity (Wildman–Crippen MR) is 75.0 cm³/mol. The standard InChI is InChI=1S/C8H17N3O4S.2ClH/c1-8(10,7(12)13)6-16(14,15)5-4-11-3-2-9;;/h2,9,11H,3-6,10H2,1H3,(H,12,13);2*1H/t8-;;/m0../s1. The molecule has 0 heterocycles. The summed E-state index contributed by atoms with van der Waals surface area (Å²) < 4.78 is 22.9. The number of carboxylic acids is 1. The fourth-order valence-corrected chi connectivity index (χ4v) is 2.63. The maximum Gasteiger partial charge on any atom is 0.324 e. The van der Waals surface area contributed by atoms with Crippen molar-refractivity contribution in [3.63, 3.8) is 0 Å². The van der Waals surface area contributed by atoms with E-state index in [9.17, 15) is 13.2 Å². The van der Waals surface area contributed by atoms with Crippen LogP contribution in [0.4, 0.5) is 0 Å². The van der Waals surface area contributed by atoms with Crippen molar-refractivity contribution < 1.29 is 18.3 Å². The van der Waals surface area contributed by atoms with Crippen molar-refractivity contribution in [3.05, 3.63) is 0 Å². The van der Waals surface area contributed by atoms with Gasteiger partial charge in [-0.3, -0.25) is 4.79 Å². The van der Waals surface area contributed by atoms with E-state index in [0.29, 0.717) is 0 Å². The Morgan fingerprint density at radius 3 is 2.39 bits per heavy atom. The molecule has 0 aromatic heterocycles. The molecule has 5 N–H and O–H groups in total. The van der Waals surface area contributed by atoms with Crippen molar-refractivity contribution in [1.29, 1.82) is 5.41 Å². The molecular weight excluding hydrogens is 305 g/mol. The minimum absolute atomic E-state index is 0. The number of aliphatic carboxylic acids is 1. The number of rotatable bonds is 8. The lowest BCUT2D eigenvalue weighted by Gasteiger charge is -2.18. The van der Waals surface area contributed by atoms with Crippen molar-refractivity contribution >= 4 is 46.8 Å². The van der Waals surface area contributed by atoms with Crippen molar-refractivity contribution in [3.8, 4) is 0 Å². The molecule has 0 bridgehead atoms. The summed E-state index contributed by atoms with van der Waals surface area (Å²) in [6, 6.07) is 0. The molecule has 0 aromatic rings. The number of halogens is 2. The lowest BCUT2D eigenvalue weighted by molar-refractivity contribution is -0.141. The van der Waals surface area contributed by atoms with E-state index in [1.54, 1.807) is 0 Å². The van der Waals surface area contributed by atoms with Crippen LogP contribution in [0, 0.1) is 5.41 Å². The molecule has 0 aliphatic rings. The summed E-state index contributed by atoms with van der Waals surface area (Å²) in [6.07, 6.45) is 1.11.